The zero-order valence-corrected chi connectivity index (χ0v) is 21.2. The van der Waals surface area contributed by atoms with E-state index in [-0.39, 0.29) is 30.5 Å². The number of rotatable bonds is 18. The molecule has 0 radical (unpaired) electrons. The van der Waals surface area contributed by atoms with Gasteiger partial charge in [0.15, 0.2) is 6.29 Å². The number of ether oxygens (including phenoxy) is 6. The average molecular weight is 495 g/mol. The van der Waals surface area contributed by atoms with Crippen molar-refractivity contribution >= 4 is 5.91 Å². The molecular weight excluding hydrogens is 448 g/mol. The zero-order valence-electron chi connectivity index (χ0n) is 21.2. The van der Waals surface area contributed by atoms with Gasteiger partial charge < -0.3 is 49.7 Å². The van der Waals surface area contributed by atoms with E-state index >= 15 is 0 Å². The molecule has 0 spiro atoms. The second-order valence-electron chi connectivity index (χ2n) is 9.35. The SMILES string of the molecule is CO[C@@H]1OC(COCC(=O)NCCCOCCOCCOCCCN)[C@@H](C(C)(C)C)C(O)C1O. The monoisotopic (exact) mass is 494 g/mol. The Morgan fingerprint density at radius 1 is 0.941 bits per heavy atom. The molecule has 1 aliphatic rings. The van der Waals surface area contributed by atoms with Crippen LogP contribution in [0.1, 0.15) is 33.6 Å². The molecule has 0 aromatic heterocycles. The van der Waals surface area contributed by atoms with Gasteiger partial charge in [0.25, 0.3) is 0 Å². The number of aliphatic hydroxyl groups excluding tert-OH is 2. The average Bonchev–Trinajstić information content (AvgIpc) is 2.78. The van der Waals surface area contributed by atoms with Crippen molar-refractivity contribution < 1.29 is 43.4 Å². The lowest BCUT2D eigenvalue weighted by Crippen LogP contribution is -2.59. The van der Waals surface area contributed by atoms with Crippen LogP contribution in [0, 0.1) is 11.3 Å². The van der Waals surface area contributed by atoms with Gasteiger partial charge in [-0.05, 0) is 24.8 Å². The Morgan fingerprint density at radius 2 is 1.53 bits per heavy atom. The number of hydrogen-bond donors (Lipinski definition) is 4. The van der Waals surface area contributed by atoms with Crippen molar-refractivity contribution in [3.63, 3.8) is 0 Å². The van der Waals surface area contributed by atoms with Gasteiger partial charge in [-0.1, -0.05) is 20.8 Å². The largest absolute Gasteiger partial charge is 0.390 e. The highest BCUT2D eigenvalue weighted by Crippen LogP contribution is 2.39. The van der Waals surface area contributed by atoms with Gasteiger partial charge in [-0.15, -0.1) is 0 Å². The highest BCUT2D eigenvalue weighted by molar-refractivity contribution is 5.77. The van der Waals surface area contributed by atoms with Gasteiger partial charge in [0.05, 0.1) is 45.2 Å². The van der Waals surface area contributed by atoms with E-state index in [1.54, 1.807) is 0 Å². The second-order valence-corrected chi connectivity index (χ2v) is 9.35. The fourth-order valence-corrected chi connectivity index (χ4v) is 3.79. The molecule has 0 aromatic rings. The third-order valence-corrected chi connectivity index (χ3v) is 5.48. The van der Waals surface area contributed by atoms with Crippen molar-refractivity contribution in [3.05, 3.63) is 0 Å². The molecule has 1 heterocycles. The number of amides is 1. The first kappa shape index (κ1) is 31.1. The van der Waals surface area contributed by atoms with Gasteiger partial charge >= 0.3 is 0 Å². The van der Waals surface area contributed by atoms with Gasteiger partial charge in [-0.2, -0.15) is 0 Å². The third-order valence-electron chi connectivity index (χ3n) is 5.48. The first-order valence-electron chi connectivity index (χ1n) is 12.0. The molecule has 11 heteroatoms. The van der Waals surface area contributed by atoms with E-state index in [9.17, 15) is 15.0 Å². The standard InChI is InChI=1S/C23H46N2O9/c1-23(2,3)19-17(34-22(29-4)21(28)20(19)27)15-33-16-18(26)25-8-6-10-31-12-14-32-13-11-30-9-5-7-24/h17,19-22,27-28H,5-16,24H2,1-4H3,(H,25,26)/t17?,19-,20?,21?,22-/m1/s1. The molecule has 1 amide bonds. The molecule has 202 valence electrons. The maximum Gasteiger partial charge on any atom is 0.246 e. The van der Waals surface area contributed by atoms with E-state index < -0.39 is 24.6 Å². The summed E-state index contributed by atoms with van der Waals surface area (Å²) in [5.41, 5.74) is 5.03. The van der Waals surface area contributed by atoms with Crippen LogP contribution in [0.25, 0.3) is 0 Å². The molecule has 3 unspecified atom stereocenters. The molecule has 11 nitrogen and oxygen atoms in total. The number of hydrogen-bond acceptors (Lipinski definition) is 10. The molecule has 1 aliphatic heterocycles. The van der Waals surface area contributed by atoms with Crippen LogP contribution in [0.2, 0.25) is 0 Å². The maximum absolute atomic E-state index is 12.0. The Bertz CT molecular complexity index is 533. The number of carbonyl (C=O) groups is 1. The quantitative estimate of drug-likeness (QED) is 0.186. The van der Waals surface area contributed by atoms with E-state index in [0.29, 0.717) is 59.2 Å². The summed E-state index contributed by atoms with van der Waals surface area (Å²) >= 11 is 0. The van der Waals surface area contributed by atoms with Crippen LogP contribution < -0.4 is 11.1 Å². The number of carbonyl (C=O) groups excluding carboxylic acids is 1. The summed E-state index contributed by atoms with van der Waals surface area (Å²) in [6.45, 7) is 10.2. The predicted molar refractivity (Wildman–Crippen MR) is 125 cm³/mol. The summed E-state index contributed by atoms with van der Waals surface area (Å²) in [5.74, 6) is -0.633. The number of aliphatic hydroxyl groups is 2. The van der Waals surface area contributed by atoms with Crippen LogP contribution in [-0.2, 0) is 33.2 Å². The normalized spacial score (nSPS) is 25.4. The van der Waals surface area contributed by atoms with E-state index in [1.165, 1.54) is 7.11 Å². The predicted octanol–water partition coefficient (Wildman–Crippen LogP) is -0.337. The Balaban J connectivity index is 2.12. The first-order valence-corrected chi connectivity index (χ1v) is 12.0. The zero-order chi connectivity index (χ0) is 25.4. The van der Waals surface area contributed by atoms with Crippen molar-refractivity contribution in [3.8, 4) is 0 Å². The fourth-order valence-electron chi connectivity index (χ4n) is 3.79. The lowest BCUT2D eigenvalue weighted by atomic mass is 9.71. The van der Waals surface area contributed by atoms with Crippen molar-refractivity contribution in [1.29, 1.82) is 0 Å². The lowest BCUT2D eigenvalue weighted by Gasteiger charge is -2.47. The number of nitrogens with two attached hydrogens (primary N) is 1. The van der Waals surface area contributed by atoms with Gasteiger partial charge in [-0.25, -0.2) is 0 Å². The van der Waals surface area contributed by atoms with Crippen molar-refractivity contribution in [2.75, 3.05) is 73.1 Å². The Hall–Kier alpha value is -0.890. The van der Waals surface area contributed by atoms with Crippen molar-refractivity contribution in [1.82, 2.24) is 5.32 Å². The first-order chi connectivity index (χ1) is 16.2. The topological polar surface area (TPSA) is 151 Å². The van der Waals surface area contributed by atoms with Crippen LogP contribution in [-0.4, -0.2) is 114 Å². The minimum atomic E-state index is -1.15. The van der Waals surface area contributed by atoms with Crippen LogP contribution >= 0.6 is 0 Å². The molecule has 5 atom stereocenters. The van der Waals surface area contributed by atoms with Crippen LogP contribution in [0.5, 0.6) is 0 Å². The Labute approximate surface area is 203 Å². The third kappa shape index (κ3) is 12.2. The summed E-state index contributed by atoms with van der Waals surface area (Å²) < 4.78 is 32.7. The second kappa shape index (κ2) is 17.5. The molecule has 0 aliphatic carbocycles. The summed E-state index contributed by atoms with van der Waals surface area (Å²) in [7, 11) is 1.40. The minimum Gasteiger partial charge on any atom is -0.390 e. The molecule has 1 rings (SSSR count). The van der Waals surface area contributed by atoms with Gasteiger partial charge in [0, 0.05) is 32.8 Å². The van der Waals surface area contributed by atoms with E-state index in [2.05, 4.69) is 5.32 Å². The van der Waals surface area contributed by atoms with Crippen molar-refractivity contribution in [2.45, 2.75) is 58.2 Å². The molecule has 0 bridgehead atoms. The summed E-state index contributed by atoms with van der Waals surface area (Å²) in [4.78, 5) is 12.0. The van der Waals surface area contributed by atoms with Crippen molar-refractivity contribution in [2.24, 2.45) is 17.1 Å². The molecule has 34 heavy (non-hydrogen) atoms. The fraction of sp³-hybridized carbons (Fsp3) is 0.957. The van der Waals surface area contributed by atoms with Crippen LogP contribution in [0.4, 0.5) is 0 Å². The summed E-state index contributed by atoms with van der Waals surface area (Å²) in [5, 5.41) is 23.6. The lowest BCUT2D eigenvalue weighted by molar-refractivity contribution is -0.296. The highest BCUT2D eigenvalue weighted by Gasteiger charge is 2.49. The van der Waals surface area contributed by atoms with E-state index in [4.69, 9.17) is 34.2 Å². The molecule has 5 N–H and O–H groups in total. The maximum atomic E-state index is 12.0. The van der Waals surface area contributed by atoms with Gasteiger partial charge in [0.2, 0.25) is 5.91 Å². The van der Waals surface area contributed by atoms with Crippen LogP contribution in [0.15, 0.2) is 0 Å². The molecular formula is C23H46N2O9. The number of methoxy groups -OCH3 is 1. The Kier molecular flexibility index (Phi) is 16.1. The van der Waals surface area contributed by atoms with Gasteiger partial charge in [0.1, 0.15) is 12.7 Å². The highest BCUT2D eigenvalue weighted by atomic mass is 16.7. The van der Waals surface area contributed by atoms with E-state index in [1.807, 2.05) is 20.8 Å². The van der Waals surface area contributed by atoms with E-state index in [0.717, 1.165) is 6.42 Å². The minimum absolute atomic E-state index is 0.0974. The molecule has 0 aromatic carbocycles. The van der Waals surface area contributed by atoms with Gasteiger partial charge in [-0.3, -0.25) is 4.79 Å². The summed E-state index contributed by atoms with van der Waals surface area (Å²) in [6.07, 6.45) is -2.13. The number of nitrogens with one attached hydrogen (secondary N) is 1. The smallest absolute Gasteiger partial charge is 0.246 e. The molecule has 0 saturated carbocycles. The van der Waals surface area contributed by atoms with Crippen LogP contribution in [0.3, 0.4) is 0 Å². The molecule has 1 fully saturated rings. The Morgan fingerprint density at radius 3 is 2.09 bits per heavy atom. The molecule has 1 saturated heterocycles. The summed E-state index contributed by atoms with van der Waals surface area (Å²) in [6, 6.07) is 0.